The summed E-state index contributed by atoms with van der Waals surface area (Å²) in [4.78, 5) is 22.0. The minimum absolute atomic E-state index is 0.0298. The van der Waals surface area contributed by atoms with Crippen LogP contribution in [-0.2, 0) is 9.59 Å². The normalized spacial score (nSPS) is 16.9. The minimum atomic E-state index is -0.0357. The Morgan fingerprint density at radius 2 is 2.17 bits per heavy atom. The maximum absolute atomic E-state index is 11.3. The molecule has 0 saturated carbocycles. The van der Waals surface area contributed by atoms with Gasteiger partial charge in [0.05, 0.1) is 6.42 Å². The molecule has 0 heterocycles. The van der Waals surface area contributed by atoms with Gasteiger partial charge >= 0.3 is 0 Å². The summed E-state index contributed by atoms with van der Waals surface area (Å²) in [7, 11) is 0. The molecule has 12 heavy (non-hydrogen) atoms. The molecule has 0 aromatic heterocycles. The van der Waals surface area contributed by atoms with Gasteiger partial charge in [-0.3, -0.25) is 9.59 Å². The van der Waals surface area contributed by atoms with E-state index in [1.54, 1.807) is 0 Å². The van der Waals surface area contributed by atoms with Gasteiger partial charge < -0.3 is 0 Å². The van der Waals surface area contributed by atoms with Crippen LogP contribution in [0.25, 0.3) is 0 Å². The highest BCUT2D eigenvalue weighted by Crippen LogP contribution is 2.18. The monoisotopic (exact) mass is 166 g/mol. The molecule has 0 saturated heterocycles. The second kappa shape index (κ2) is 4.19. The fraction of sp³-hybridized carbons (Fsp3) is 0.600. The topological polar surface area (TPSA) is 34.1 Å². The fourth-order valence-electron chi connectivity index (χ4n) is 1.43. The van der Waals surface area contributed by atoms with E-state index in [0.717, 1.165) is 24.8 Å². The largest absolute Gasteiger partial charge is 0.300 e. The van der Waals surface area contributed by atoms with Gasteiger partial charge in [0, 0.05) is 0 Å². The fourth-order valence-corrected chi connectivity index (χ4v) is 1.43. The van der Waals surface area contributed by atoms with Gasteiger partial charge in [-0.15, -0.1) is 0 Å². The zero-order chi connectivity index (χ0) is 8.97. The van der Waals surface area contributed by atoms with Gasteiger partial charge in [0.1, 0.15) is 5.78 Å². The van der Waals surface area contributed by atoms with Crippen LogP contribution < -0.4 is 0 Å². The lowest BCUT2D eigenvalue weighted by Crippen LogP contribution is -2.09. The van der Waals surface area contributed by atoms with Crippen LogP contribution in [-0.4, -0.2) is 11.6 Å². The van der Waals surface area contributed by atoms with Crippen LogP contribution in [0.1, 0.15) is 39.0 Å². The van der Waals surface area contributed by atoms with Crippen molar-refractivity contribution in [3.8, 4) is 0 Å². The summed E-state index contributed by atoms with van der Waals surface area (Å²) >= 11 is 0. The van der Waals surface area contributed by atoms with Gasteiger partial charge in [0.25, 0.3) is 0 Å². The van der Waals surface area contributed by atoms with E-state index < -0.39 is 0 Å². The van der Waals surface area contributed by atoms with Crippen molar-refractivity contribution >= 4 is 11.6 Å². The van der Waals surface area contributed by atoms with Crippen LogP contribution >= 0.6 is 0 Å². The molecule has 1 aliphatic carbocycles. The first-order chi connectivity index (χ1) is 5.70. The zero-order valence-corrected chi connectivity index (χ0v) is 7.43. The summed E-state index contributed by atoms with van der Waals surface area (Å²) in [6.07, 6.45) is 6.21. The summed E-state index contributed by atoms with van der Waals surface area (Å²) in [6, 6.07) is 0. The molecule has 0 aromatic carbocycles. The van der Waals surface area contributed by atoms with Crippen molar-refractivity contribution in [1.29, 1.82) is 0 Å². The zero-order valence-electron chi connectivity index (χ0n) is 7.43. The molecule has 0 unspecified atom stereocenters. The second-order valence-corrected chi connectivity index (χ2v) is 3.28. The lowest BCUT2D eigenvalue weighted by Gasteiger charge is -2.10. The molecular weight excluding hydrogens is 152 g/mol. The number of ketones is 2. The number of Topliss-reactive ketones (excluding diaryl/α,β-unsaturated/α-hetero) is 2. The third-order valence-corrected chi connectivity index (χ3v) is 2.06. The van der Waals surface area contributed by atoms with Crippen LogP contribution in [0.2, 0.25) is 0 Å². The molecule has 2 nitrogen and oxygen atoms in total. The van der Waals surface area contributed by atoms with Crippen LogP contribution in [0.4, 0.5) is 0 Å². The Bertz CT molecular complexity index is 226. The summed E-state index contributed by atoms with van der Waals surface area (Å²) in [6.45, 7) is 1.46. The van der Waals surface area contributed by atoms with Gasteiger partial charge in [0.2, 0.25) is 0 Å². The number of hydrogen-bond donors (Lipinski definition) is 0. The Morgan fingerprint density at radius 1 is 1.42 bits per heavy atom. The molecule has 66 valence electrons. The molecule has 0 aliphatic heterocycles. The smallest absolute Gasteiger partial charge is 0.165 e. The predicted molar refractivity (Wildman–Crippen MR) is 46.9 cm³/mol. The second-order valence-electron chi connectivity index (χ2n) is 3.28. The summed E-state index contributed by atoms with van der Waals surface area (Å²) in [5.74, 6) is -0.00586. The van der Waals surface area contributed by atoms with E-state index in [9.17, 15) is 9.59 Å². The van der Waals surface area contributed by atoms with Crippen molar-refractivity contribution in [3.05, 3.63) is 11.6 Å². The molecule has 2 heteroatoms. The Labute approximate surface area is 72.7 Å². The van der Waals surface area contributed by atoms with E-state index in [1.807, 2.05) is 6.08 Å². The first-order valence-electron chi connectivity index (χ1n) is 4.42. The van der Waals surface area contributed by atoms with Crippen molar-refractivity contribution in [2.45, 2.75) is 39.0 Å². The van der Waals surface area contributed by atoms with Crippen molar-refractivity contribution in [2.24, 2.45) is 0 Å². The lowest BCUT2D eigenvalue weighted by atomic mass is 9.94. The standard InChI is InChI=1S/C10H14O2/c1-8(11)7-10(12)9-5-3-2-4-6-9/h5H,2-4,6-7H2,1H3. The quantitative estimate of drug-likeness (QED) is 0.601. The van der Waals surface area contributed by atoms with Gasteiger partial charge in [-0.05, 0) is 38.2 Å². The van der Waals surface area contributed by atoms with E-state index in [4.69, 9.17) is 0 Å². The average Bonchev–Trinajstić information content (AvgIpc) is 2.05. The number of allylic oxidation sites excluding steroid dienone is 2. The van der Waals surface area contributed by atoms with Gasteiger partial charge in [0.15, 0.2) is 5.78 Å². The number of rotatable bonds is 3. The van der Waals surface area contributed by atoms with Gasteiger partial charge in [-0.1, -0.05) is 6.08 Å². The molecule has 0 aromatic rings. The Kier molecular flexibility index (Phi) is 3.20. The number of carbonyl (C=O) groups is 2. The lowest BCUT2D eigenvalue weighted by molar-refractivity contribution is -0.124. The van der Waals surface area contributed by atoms with E-state index in [0.29, 0.717) is 0 Å². The van der Waals surface area contributed by atoms with Crippen LogP contribution in [0.5, 0.6) is 0 Å². The Hall–Kier alpha value is -0.920. The number of hydrogen-bond acceptors (Lipinski definition) is 2. The number of carbonyl (C=O) groups excluding carboxylic acids is 2. The van der Waals surface area contributed by atoms with Gasteiger partial charge in [-0.25, -0.2) is 0 Å². The highest BCUT2D eigenvalue weighted by Gasteiger charge is 2.13. The first-order valence-corrected chi connectivity index (χ1v) is 4.42. The molecule has 1 aliphatic rings. The summed E-state index contributed by atoms with van der Waals surface area (Å²) in [5, 5.41) is 0. The Morgan fingerprint density at radius 3 is 2.67 bits per heavy atom. The third-order valence-electron chi connectivity index (χ3n) is 2.06. The van der Waals surface area contributed by atoms with Crippen molar-refractivity contribution < 1.29 is 9.59 Å². The first kappa shape index (κ1) is 9.17. The van der Waals surface area contributed by atoms with Crippen molar-refractivity contribution in [3.63, 3.8) is 0 Å². The SMILES string of the molecule is CC(=O)CC(=O)C1=CCCCC1. The van der Waals surface area contributed by atoms with Crippen LogP contribution in [0, 0.1) is 0 Å². The Balaban J connectivity index is 2.51. The molecule has 0 bridgehead atoms. The maximum Gasteiger partial charge on any atom is 0.165 e. The van der Waals surface area contributed by atoms with E-state index in [1.165, 1.54) is 13.3 Å². The maximum atomic E-state index is 11.3. The molecule has 0 atom stereocenters. The molecule has 0 radical (unpaired) electrons. The van der Waals surface area contributed by atoms with Gasteiger partial charge in [-0.2, -0.15) is 0 Å². The van der Waals surface area contributed by atoms with E-state index in [-0.39, 0.29) is 18.0 Å². The molecule has 0 spiro atoms. The molecule has 0 N–H and O–H groups in total. The van der Waals surface area contributed by atoms with Crippen LogP contribution in [0.3, 0.4) is 0 Å². The highest BCUT2D eigenvalue weighted by atomic mass is 16.1. The average molecular weight is 166 g/mol. The molecular formula is C10H14O2. The van der Waals surface area contributed by atoms with E-state index >= 15 is 0 Å². The molecule has 1 rings (SSSR count). The summed E-state index contributed by atoms with van der Waals surface area (Å²) < 4.78 is 0. The minimum Gasteiger partial charge on any atom is -0.300 e. The summed E-state index contributed by atoms with van der Waals surface area (Å²) in [5.41, 5.74) is 0.872. The van der Waals surface area contributed by atoms with Crippen LogP contribution in [0.15, 0.2) is 11.6 Å². The van der Waals surface area contributed by atoms with Crippen molar-refractivity contribution in [2.75, 3.05) is 0 Å². The third kappa shape index (κ3) is 2.61. The van der Waals surface area contributed by atoms with E-state index in [2.05, 4.69) is 0 Å². The molecule has 0 amide bonds. The van der Waals surface area contributed by atoms with Crippen molar-refractivity contribution in [1.82, 2.24) is 0 Å². The molecule has 0 fully saturated rings. The highest BCUT2D eigenvalue weighted by molar-refractivity contribution is 6.06. The predicted octanol–water partition coefficient (Wildman–Crippen LogP) is 2.04.